The zero-order chi connectivity index (χ0) is 22.6. The van der Waals surface area contributed by atoms with Crippen LogP contribution in [0.3, 0.4) is 0 Å². The van der Waals surface area contributed by atoms with Crippen molar-refractivity contribution in [3.63, 3.8) is 0 Å². The summed E-state index contributed by atoms with van der Waals surface area (Å²) < 4.78 is 0. The van der Waals surface area contributed by atoms with Crippen molar-refractivity contribution >= 4 is 23.3 Å². The van der Waals surface area contributed by atoms with Gasteiger partial charge in [0, 0.05) is 11.8 Å². The number of hydrogen-bond acceptors (Lipinski definition) is 5. The maximum Gasteiger partial charge on any atom is 0.335 e. The molecule has 5 rings (SSSR count). The first-order chi connectivity index (χ1) is 14.6. The van der Waals surface area contributed by atoms with Gasteiger partial charge in [0.15, 0.2) is 5.78 Å². The molecular formula is C24H26NO6-. The van der Waals surface area contributed by atoms with Gasteiger partial charge in [-0.05, 0) is 67.6 Å². The molecule has 0 saturated heterocycles. The van der Waals surface area contributed by atoms with Crippen molar-refractivity contribution in [2.24, 2.45) is 22.7 Å². The van der Waals surface area contributed by atoms with Crippen LogP contribution in [0.15, 0.2) is 36.4 Å². The number of benzene rings is 1. The van der Waals surface area contributed by atoms with Gasteiger partial charge in [-0.1, -0.05) is 30.9 Å². The highest BCUT2D eigenvalue weighted by Gasteiger charge is 2.58. The third kappa shape index (κ3) is 3.32. The van der Waals surface area contributed by atoms with Crippen LogP contribution in [0.2, 0.25) is 0 Å². The number of carboxylic acids is 1. The molecule has 164 valence electrons. The van der Waals surface area contributed by atoms with Crippen molar-refractivity contribution in [2.45, 2.75) is 45.4 Å². The zero-order valence-electron chi connectivity index (χ0n) is 17.4. The maximum atomic E-state index is 12.9. The monoisotopic (exact) mass is 424 g/mol. The molecule has 0 aliphatic heterocycles. The number of rotatable bonds is 5. The number of aromatic carboxylic acids is 1. The number of amides is 1. The predicted octanol–water partition coefficient (Wildman–Crippen LogP) is 3.39. The number of ketones is 1. The van der Waals surface area contributed by atoms with Gasteiger partial charge in [0.2, 0.25) is 5.91 Å². The fourth-order valence-corrected chi connectivity index (χ4v) is 5.89. The second kappa shape index (κ2) is 7.25. The summed E-state index contributed by atoms with van der Waals surface area (Å²) in [4.78, 5) is 36.7. The first kappa shape index (κ1) is 21.2. The fraction of sp³-hybridized carbons (Fsp3) is 0.458. The Morgan fingerprint density at radius 1 is 1.35 bits per heavy atom. The summed E-state index contributed by atoms with van der Waals surface area (Å²) in [6.07, 6.45) is 7.86. The lowest BCUT2D eigenvalue weighted by molar-refractivity contribution is -0.267. The van der Waals surface area contributed by atoms with E-state index in [4.69, 9.17) is 5.11 Å². The fourth-order valence-electron chi connectivity index (χ4n) is 5.89. The Morgan fingerprint density at radius 2 is 2.10 bits per heavy atom. The van der Waals surface area contributed by atoms with Gasteiger partial charge in [-0.3, -0.25) is 9.59 Å². The third-order valence-corrected chi connectivity index (χ3v) is 7.71. The van der Waals surface area contributed by atoms with Crippen LogP contribution in [0, 0.1) is 22.7 Å². The highest BCUT2D eigenvalue weighted by Crippen LogP contribution is 2.64. The number of aromatic hydroxyl groups is 1. The average Bonchev–Trinajstić information content (AvgIpc) is 2.72. The molecule has 0 radical (unpaired) electrons. The van der Waals surface area contributed by atoms with Crippen molar-refractivity contribution in [3.8, 4) is 11.5 Å². The molecule has 4 aliphatic carbocycles. The minimum Gasteiger partial charge on any atom is -0.870 e. The molecule has 7 nitrogen and oxygen atoms in total. The average molecular weight is 424 g/mol. The normalized spacial score (nSPS) is 31.4. The van der Waals surface area contributed by atoms with Gasteiger partial charge in [0.25, 0.3) is 0 Å². The lowest BCUT2D eigenvalue weighted by atomic mass is 9.44. The quantitative estimate of drug-likeness (QED) is 0.491. The molecule has 7 heteroatoms. The van der Waals surface area contributed by atoms with Crippen molar-refractivity contribution < 1.29 is 29.7 Å². The summed E-state index contributed by atoms with van der Waals surface area (Å²) in [6.45, 7) is 6.15. The molecule has 3 fully saturated rings. The van der Waals surface area contributed by atoms with Gasteiger partial charge >= 0.3 is 5.97 Å². The number of phenolic OH excluding ortho intramolecular Hbond substituents is 1. The molecule has 3 saturated carbocycles. The molecule has 0 unspecified atom stereocenters. The van der Waals surface area contributed by atoms with Gasteiger partial charge < -0.3 is 20.6 Å². The minimum absolute atomic E-state index is 0.00863. The number of hydrogen-bond donors (Lipinski definition) is 3. The lowest BCUT2D eigenvalue weighted by Gasteiger charge is -2.59. The van der Waals surface area contributed by atoms with Gasteiger partial charge in [0.05, 0.1) is 11.3 Å². The largest absolute Gasteiger partial charge is 0.870 e. The molecule has 0 aromatic heterocycles. The van der Waals surface area contributed by atoms with E-state index in [1.807, 2.05) is 6.92 Å². The number of fused-ring (bicyclic) bond motifs is 2. The standard InChI is InChI=1S/C24H27NO6/c1-13-12-24-9-5-14(13)11-17(24)23(2,18(27)6-10-24)8-7-19(28)25-20-16(26)4-3-15(21(20)29)22(30)31/h3-4,6,10,14,17,26,29H,1,5,7-9,11-12H2,2H3,(H,25,28)(H,30,31)/p-1/t14-,17+,23+,24-/m1/s1. The summed E-state index contributed by atoms with van der Waals surface area (Å²) >= 11 is 0. The Balaban J connectivity index is 1.52. The molecule has 31 heavy (non-hydrogen) atoms. The number of carbonyl (C=O) groups excluding carboxylic acids is 2. The summed E-state index contributed by atoms with van der Waals surface area (Å²) in [5.41, 5.74) is -0.515. The summed E-state index contributed by atoms with van der Waals surface area (Å²) in [7, 11) is 0. The lowest BCUT2D eigenvalue weighted by Crippen LogP contribution is -2.54. The van der Waals surface area contributed by atoms with Crippen LogP contribution in [-0.2, 0) is 9.59 Å². The Kier molecular flexibility index (Phi) is 4.95. The third-order valence-electron chi connectivity index (χ3n) is 7.71. The highest BCUT2D eigenvalue weighted by molar-refractivity contribution is 6.00. The Hall–Kier alpha value is -3.09. The van der Waals surface area contributed by atoms with E-state index in [0.717, 1.165) is 37.8 Å². The van der Waals surface area contributed by atoms with Crippen LogP contribution in [0.1, 0.15) is 55.8 Å². The summed E-state index contributed by atoms with van der Waals surface area (Å²) in [6, 6.07) is 2.06. The van der Waals surface area contributed by atoms with Crippen molar-refractivity contribution in [1.82, 2.24) is 0 Å². The Labute approximate surface area is 180 Å². The first-order valence-electron chi connectivity index (χ1n) is 10.5. The van der Waals surface area contributed by atoms with Crippen LogP contribution in [0.4, 0.5) is 5.69 Å². The van der Waals surface area contributed by atoms with Crippen molar-refractivity contribution in [3.05, 3.63) is 42.0 Å². The van der Waals surface area contributed by atoms with E-state index >= 15 is 0 Å². The second-order valence-corrected chi connectivity index (χ2v) is 9.40. The number of carbonyl (C=O) groups is 3. The van der Waals surface area contributed by atoms with E-state index in [9.17, 15) is 24.6 Å². The summed E-state index contributed by atoms with van der Waals surface area (Å²) in [5, 5.41) is 33.6. The van der Waals surface area contributed by atoms with E-state index < -0.39 is 40.0 Å². The molecule has 4 atom stereocenters. The molecular weight excluding hydrogens is 398 g/mol. The second-order valence-electron chi connectivity index (χ2n) is 9.40. The minimum atomic E-state index is -1.44. The Bertz CT molecular complexity index is 1030. The van der Waals surface area contributed by atoms with E-state index in [-0.39, 0.29) is 23.5 Å². The topological polar surface area (TPSA) is 127 Å². The van der Waals surface area contributed by atoms with Gasteiger partial charge in [-0.15, -0.1) is 0 Å². The van der Waals surface area contributed by atoms with E-state index in [0.29, 0.717) is 12.3 Å². The van der Waals surface area contributed by atoms with Crippen LogP contribution >= 0.6 is 0 Å². The number of anilines is 1. The molecule has 1 aromatic rings. The summed E-state index contributed by atoms with van der Waals surface area (Å²) in [5.74, 6) is -2.87. The number of nitrogens with one attached hydrogen (secondary N) is 1. The molecule has 4 aliphatic rings. The molecule has 3 N–H and O–H groups in total. The number of carboxylic acid groups (broad SMARTS) is 1. The van der Waals surface area contributed by atoms with Crippen LogP contribution in [0.25, 0.3) is 0 Å². The van der Waals surface area contributed by atoms with Crippen LogP contribution in [0.5, 0.6) is 11.5 Å². The molecule has 0 heterocycles. The molecule has 2 bridgehead atoms. The first-order valence-corrected chi connectivity index (χ1v) is 10.5. The van der Waals surface area contributed by atoms with Crippen molar-refractivity contribution in [1.29, 1.82) is 0 Å². The van der Waals surface area contributed by atoms with E-state index in [1.165, 1.54) is 5.57 Å². The maximum absolute atomic E-state index is 12.9. The molecule has 1 amide bonds. The number of allylic oxidation sites excluding steroid dienone is 3. The smallest absolute Gasteiger partial charge is 0.335 e. The highest BCUT2D eigenvalue weighted by atomic mass is 16.4. The van der Waals surface area contributed by atoms with E-state index in [2.05, 4.69) is 18.0 Å². The molecule has 1 spiro atoms. The predicted molar refractivity (Wildman–Crippen MR) is 112 cm³/mol. The molecule has 1 aromatic carbocycles. The van der Waals surface area contributed by atoms with E-state index in [1.54, 1.807) is 6.08 Å². The van der Waals surface area contributed by atoms with Gasteiger partial charge in [-0.25, -0.2) is 4.79 Å². The van der Waals surface area contributed by atoms with Gasteiger partial charge in [0.1, 0.15) is 5.75 Å². The number of phenols is 1. The van der Waals surface area contributed by atoms with Crippen LogP contribution in [-0.4, -0.2) is 27.9 Å². The van der Waals surface area contributed by atoms with Crippen LogP contribution < -0.4 is 10.4 Å². The van der Waals surface area contributed by atoms with Crippen molar-refractivity contribution in [2.75, 3.05) is 5.32 Å². The van der Waals surface area contributed by atoms with Gasteiger partial charge in [-0.2, -0.15) is 0 Å². The SMILES string of the molecule is C=C1C[C@@]23C=CC(=O)[C@@](C)(CCC(=O)Nc4c(O)ccc(C(=O)O)c4[O-])[C@@H]2C[C@H]1CC3. The zero-order valence-corrected chi connectivity index (χ0v) is 17.4. The Morgan fingerprint density at radius 3 is 2.77 bits per heavy atom.